The van der Waals surface area contributed by atoms with E-state index in [1.54, 1.807) is 0 Å². The number of rotatable bonds is 3. The Kier molecular flexibility index (Phi) is 3.14. The molecule has 2 aliphatic heterocycles. The fraction of sp³-hybridized carbons (Fsp3) is 0.571. The highest BCUT2D eigenvalue weighted by Gasteiger charge is 2.34. The Morgan fingerprint density at radius 1 is 1.12 bits per heavy atom. The van der Waals surface area contributed by atoms with E-state index in [2.05, 4.69) is 40.1 Å². The van der Waals surface area contributed by atoms with Gasteiger partial charge in [-0.3, -0.25) is 9.80 Å². The van der Waals surface area contributed by atoms with Gasteiger partial charge in [0.2, 0.25) is 0 Å². The summed E-state index contributed by atoms with van der Waals surface area (Å²) in [6, 6.07) is 11.9. The van der Waals surface area contributed by atoms with E-state index in [0.29, 0.717) is 6.04 Å². The van der Waals surface area contributed by atoms with Crippen LogP contribution in [-0.2, 0) is 6.54 Å². The Morgan fingerprint density at radius 2 is 1.88 bits per heavy atom. The van der Waals surface area contributed by atoms with Crippen LogP contribution in [0.4, 0.5) is 0 Å². The number of benzene rings is 1. The molecule has 3 rings (SSSR count). The van der Waals surface area contributed by atoms with Crippen molar-refractivity contribution >= 4 is 0 Å². The maximum atomic E-state index is 5.94. The van der Waals surface area contributed by atoms with E-state index in [1.807, 2.05) is 0 Å². The van der Waals surface area contributed by atoms with E-state index in [9.17, 15) is 0 Å². The molecule has 0 bridgehead atoms. The topological polar surface area (TPSA) is 32.5 Å². The average Bonchev–Trinajstić information content (AvgIpc) is 2.71. The fourth-order valence-electron chi connectivity index (χ4n) is 2.89. The third kappa shape index (κ3) is 2.51. The predicted molar refractivity (Wildman–Crippen MR) is 69.7 cm³/mol. The lowest BCUT2D eigenvalue weighted by molar-refractivity contribution is 0.0416. The Bertz CT molecular complexity index is 359. The summed E-state index contributed by atoms with van der Waals surface area (Å²) in [6.45, 7) is 5.81. The van der Waals surface area contributed by atoms with E-state index in [1.165, 1.54) is 31.6 Å². The number of hydrogen-bond acceptors (Lipinski definition) is 3. The number of nitrogens with two attached hydrogens (primary N) is 1. The average molecular weight is 231 g/mol. The van der Waals surface area contributed by atoms with Crippen LogP contribution in [0.1, 0.15) is 12.0 Å². The van der Waals surface area contributed by atoms with Gasteiger partial charge in [-0.25, -0.2) is 0 Å². The Labute approximate surface area is 103 Å². The molecule has 92 valence electrons. The zero-order valence-corrected chi connectivity index (χ0v) is 10.3. The van der Waals surface area contributed by atoms with Crippen molar-refractivity contribution < 1.29 is 0 Å². The molecular formula is C14H21N3. The summed E-state index contributed by atoms with van der Waals surface area (Å²) in [5.74, 6) is 0. The number of hydrogen-bond donors (Lipinski definition) is 1. The molecule has 1 unspecified atom stereocenters. The molecule has 2 N–H and O–H groups in total. The van der Waals surface area contributed by atoms with E-state index < -0.39 is 0 Å². The minimum Gasteiger partial charge on any atom is -0.326 e. The monoisotopic (exact) mass is 231 g/mol. The normalized spacial score (nSPS) is 27.2. The molecule has 1 aromatic carbocycles. The number of nitrogens with zero attached hydrogens (tertiary/aromatic N) is 2. The minimum atomic E-state index is 0.415. The third-order valence-corrected chi connectivity index (χ3v) is 3.96. The molecule has 1 atom stereocenters. The fourth-order valence-corrected chi connectivity index (χ4v) is 2.89. The van der Waals surface area contributed by atoms with E-state index >= 15 is 0 Å². The van der Waals surface area contributed by atoms with Crippen LogP contribution in [0.15, 0.2) is 30.3 Å². The summed E-state index contributed by atoms with van der Waals surface area (Å²) in [7, 11) is 0. The zero-order valence-electron chi connectivity index (χ0n) is 10.3. The molecule has 17 heavy (non-hydrogen) atoms. The van der Waals surface area contributed by atoms with Gasteiger partial charge in [0, 0.05) is 44.8 Å². The molecule has 0 amide bonds. The summed E-state index contributed by atoms with van der Waals surface area (Å²) < 4.78 is 0. The first-order chi connectivity index (χ1) is 8.31. The molecule has 2 fully saturated rings. The molecule has 0 radical (unpaired) electrons. The van der Waals surface area contributed by atoms with Crippen molar-refractivity contribution in [3.8, 4) is 0 Å². The molecule has 2 aliphatic rings. The second-order valence-electron chi connectivity index (χ2n) is 5.38. The minimum absolute atomic E-state index is 0.415. The van der Waals surface area contributed by atoms with Crippen LogP contribution in [0, 0.1) is 0 Å². The van der Waals surface area contributed by atoms with Crippen molar-refractivity contribution in [3.63, 3.8) is 0 Å². The largest absolute Gasteiger partial charge is 0.326 e. The highest BCUT2D eigenvalue weighted by Crippen LogP contribution is 2.21. The van der Waals surface area contributed by atoms with E-state index in [-0.39, 0.29) is 0 Å². The summed E-state index contributed by atoms with van der Waals surface area (Å²) in [4.78, 5) is 5.08. The summed E-state index contributed by atoms with van der Waals surface area (Å²) in [5, 5.41) is 0. The molecular weight excluding hydrogens is 210 g/mol. The summed E-state index contributed by atoms with van der Waals surface area (Å²) >= 11 is 0. The van der Waals surface area contributed by atoms with Gasteiger partial charge in [0.05, 0.1) is 0 Å². The quantitative estimate of drug-likeness (QED) is 0.839. The SMILES string of the molecule is NC1CCN(C2CN(Cc3ccccc3)C2)C1. The van der Waals surface area contributed by atoms with Crippen molar-refractivity contribution in [1.29, 1.82) is 0 Å². The van der Waals surface area contributed by atoms with Gasteiger partial charge in [0.25, 0.3) is 0 Å². The van der Waals surface area contributed by atoms with Gasteiger partial charge in [0.1, 0.15) is 0 Å². The third-order valence-electron chi connectivity index (χ3n) is 3.96. The van der Waals surface area contributed by atoms with Crippen molar-refractivity contribution in [2.24, 2.45) is 5.73 Å². The van der Waals surface area contributed by atoms with Crippen molar-refractivity contribution in [2.45, 2.75) is 25.0 Å². The van der Waals surface area contributed by atoms with Gasteiger partial charge < -0.3 is 5.73 Å². The lowest BCUT2D eigenvalue weighted by atomic mass is 10.1. The van der Waals surface area contributed by atoms with Crippen LogP contribution in [0.3, 0.4) is 0 Å². The molecule has 2 heterocycles. The Morgan fingerprint density at radius 3 is 2.53 bits per heavy atom. The van der Waals surface area contributed by atoms with Gasteiger partial charge >= 0.3 is 0 Å². The number of likely N-dealkylation sites (tertiary alicyclic amines) is 2. The van der Waals surface area contributed by atoms with Crippen LogP contribution in [0.5, 0.6) is 0 Å². The van der Waals surface area contributed by atoms with Crippen molar-refractivity contribution in [2.75, 3.05) is 26.2 Å². The maximum Gasteiger partial charge on any atom is 0.0351 e. The molecule has 0 aliphatic carbocycles. The molecule has 3 heteroatoms. The maximum absolute atomic E-state index is 5.94. The lowest BCUT2D eigenvalue weighted by Gasteiger charge is -2.44. The molecule has 3 nitrogen and oxygen atoms in total. The highest BCUT2D eigenvalue weighted by molar-refractivity contribution is 5.15. The second kappa shape index (κ2) is 4.77. The van der Waals surface area contributed by atoms with Gasteiger partial charge in [-0.05, 0) is 12.0 Å². The van der Waals surface area contributed by atoms with Crippen LogP contribution in [0.25, 0.3) is 0 Å². The van der Waals surface area contributed by atoms with Gasteiger partial charge in [-0.2, -0.15) is 0 Å². The first kappa shape index (κ1) is 11.2. The van der Waals surface area contributed by atoms with Gasteiger partial charge in [-0.15, -0.1) is 0 Å². The standard InChI is InChI=1S/C14H21N3/c15-13-6-7-17(9-13)14-10-16(11-14)8-12-4-2-1-3-5-12/h1-5,13-14H,6-11,15H2. The van der Waals surface area contributed by atoms with Crippen molar-refractivity contribution in [1.82, 2.24) is 9.80 Å². The summed E-state index contributed by atoms with van der Waals surface area (Å²) in [5.41, 5.74) is 7.37. The second-order valence-corrected chi connectivity index (χ2v) is 5.38. The first-order valence-electron chi connectivity index (χ1n) is 6.57. The predicted octanol–water partition coefficient (Wildman–Crippen LogP) is 0.904. The highest BCUT2D eigenvalue weighted by atomic mass is 15.3. The van der Waals surface area contributed by atoms with Crippen LogP contribution < -0.4 is 5.73 Å². The summed E-state index contributed by atoms with van der Waals surface area (Å²) in [6.07, 6.45) is 1.18. The smallest absolute Gasteiger partial charge is 0.0351 e. The van der Waals surface area contributed by atoms with E-state index in [0.717, 1.165) is 19.1 Å². The molecule has 1 aromatic rings. The first-order valence-corrected chi connectivity index (χ1v) is 6.57. The van der Waals surface area contributed by atoms with E-state index in [4.69, 9.17) is 5.73 Å². The molecule has 0 aromatic heterocycles. The lowest BCUT2D eigenvalue weighted by Crippen LogP contribution is -2.58. The zero-order chi connectivity index (χ0) is 11.7. The van der Waals surface area contributed by atoms with Crippen molar-refractivity contribution in [3.05, 3.63) is 35.9 Å². The van der Waals surface area contributed by atoms with Crippen LogP contribution in [0.2, 0.25) is 0 Å². The molecule has 0 saturated carbocycles. The van der Waals surface area contributed by atoms with Gasteiger partial charge in [0.15, 0.2) is 0 Å². The van der Waals surface area contributed by atoms with Crippen LogP contribution in [-0.4, -0.2) is 48.1 Å². The Balaban J connectivity index is 1.46. The molecule has 0 spiro atoms. The Hall–Kier alpha value is -0.900. The molecule has 2 saturated heterocycles. The van der Waals surface area contributed by atoms with Crippen LogP contribution >= 0.6 is 0 Å². The van der Waals surface area contributed by atoms with Gasteiger partial charge in [-0.1, -0.05) is 30.3 Å².